The van der Waals surface area contributed by atoms with Gasteiger partial charge in [0.05, 0.1) is 16.9 Å². The van der Waals surface area contributed by atoms with Crippen molar-refractivity contribution < 1.29 is 27.2 Å². The zero-order valence-corrected chi connectivity index (χ0v) is 15.5. The summed E-state index contributed by atoms with van der Waals surface area (Å²) in [5.74, 6) is -1.75. The SMILES string of the molecule is CCN(C(=O)COC(=O)c1cc(=O)c2ccccc2o1)[C@H]1CCS(=O)(=O)C1. The molecule has 0 spiro atoms. The number of nitrogens with zero attached hydrogens (tertiary/aromatic N) is 1. The number of carbonyl (C=O) groups excluding carboxylic acids is 2. The fourth-order valence-corrected chi connectivity index (χ4v) is 4.88. The maximum absolute atomic E-state index is 12.3. The molecular weight excluding hydrogens is 374 g/mol. The summed E-state index contributed by atoms with van der Waals surface area (Å²) in [7, 11) is -3.14. The number of fused-ring (bicyclic) bond motifs is 1. The average Bonchev–Trinajstić information content (AvgIpc) is 2.99. The zero-order valence-electron chi connectivity index (χ0n) is 14.7. The molecule has 0 unspecified atom stereocenters. The van der Waals surface area contributed by atoms with Crippen LogP contribution in [-0.4, -0.2) is 55.9 Å². The van der Waals surface area contributed by atoms with E-state index in [9.17, 15) is 22.8 Å². The minimum atomic E-state index is -3.14. The third-order valence-electron chi connectivity index (χ3n) is 4.47. The standard InChI is InChI=1S/C18H19NO7S/c1-2-19(12-7-8-27(23,24)11-12)17(21)10-25-18(22)16-9-14(20)13-5-3-4-6-15(13)26-16/h3-6,9,12H,2,7-8,10-11H2,1H3/t12-/m0/s1. The Balaban J connectivity index is 1.68. The van der Waals surface area contributed by atoms with Gasteiger partial charge in [-0.05, 0) is 25.5 Å². The fourth-order valence-electron chi connectivity index (χ4n) is 3.15. The van der Waals surface area contributed by atoms with Crippen LogP contribution in [0.2, 0.25) is 0 Å². The summed E-state index contributed by atoms with van der Waals surface area (Å²) in [4.78, 5) is 37.9. The van der Waals surface area contributed by atoms with Crippen molar-refractivity contribution in [2.24, 2.45) is 0 Å². The number of likely N-dealkylation sites (N-methyl/N-ethyl adjacent to an activating group) is 1. The van der Waals surface area contributed by atoms with Gasteiger partial charge in [-0.15, -0.1) is 0 Å². The second kappa shape index (κ2) is 7.51. The van der Waals surface area contributed by atoms with Crippen molar-refractivity contribution in [3.63, 3.8) is 0 Å². The molecule has 2 aromatic rings. The van der Waals surface area contributed by atoms with E-state index in [4.69, 9.17) is 9.15 Å². The van der Waals surface area contributed by atoms with Crippen LogP contribution < -0.4 is 5.43 Å². The molecule has 0 saturated carbocycles. The van der Waals surface area contributed by atoms with Gasteiger partial charge in [0.15, 0.2) is 21.9 Å². The van der Waals surface area contributed by atoms with Crippen LogP contribution in [-0.2, 0) is 19.4 Å². The number of benzene rings is 1. The highest BCUT2D eigenvalue weighted by Crippen LogP contribution is 2.18. The van der Waals surface area contributed by atoms with E-state index in [-0.39, 0.29) is 28.3 Å². The molecule has 0 radical (unpaired) electrons. The van der Waals surface area contributed by atoms with E-state index in [1.54, 1.807) is 31.2 Å². The third-order valence-corrected chi connectivity index (χ3v) is 6.22. The average molecular weight is 393 g/mol. The van der Waals surface area contributed by atoms with E-state index in [0.717, 1.165) is 6.07 Å². The van der Waals surface area contributed by atoms with E-state index in [2.05, 4.69) is 0 Å². The summed E-state index contributed by atoms with van der Waals surface area (Å²) < 4.78 is 33.6. The van der Waals surface area contributed by atoms with Gasteiger partial charge in [0.25, 0.3) is 5.91 Å². The van der Waals surface area contributed by atoms with Crippen molar-refractivity contribution in [3.8, 4) is 0 Å². The maximum atomic E-state index is 12.3. The number of amides is 1. The van der Waals surface area contributed by atoms with Gasteiger partial charge in [-0.3, -0.25) is 9.59 Å². The first-order valence-electron chi connectivity index (χ1n) is 8.50. The second-order valence-corrected chi connectivity index (χ2v) is 8.51. The number of ether oxygens (including phenoxy) is 1. The van der Waals surface area contributed by atoms with Crippen LogP contribution in [0.4, 0.5) is 0 Å². The number of rotatable bonds is 5. The molecule has 0 N–H and O–H groups in total. The largest absolute Gasteiger partial charge is 0.450 e. The Kier molecular flexibility index (Phi) is 5.31. The minimum Gasteiger partial charge on any atom is -0.450 e. The van der Waals surface area contributed by atoms with Crippen LogP contribution in [0.15, 0.2) is 39.5 Å². The minimum absolute atomic E-state index is 0.0451. The van der Waals surface area contributed by atoms with Gasteiger partial charge in [-0.25, -0.2) is 13.2 Å². The highest BCUT2D eigenvalue weighted by atomic mass is 32.2. The molecule has 1 saturated heterocycles. The Bertz CT molecular complexity index is 1040. The molecule has 8 nitrogen and oxygen atoms in total. The number of sulfone groups is 1. The van der Waals surface area contributed by atoms with Crippen LogP contribution in [0.5, 0.6) is 0 Å². The molecule has 2 heterocycles. The van der Waals surface area contributed by atoms with E-state index in [1.807, 2.05) is 0 Å². The van der Waals surface area contributed by atoms with Gasteiger partial charge in [-0.1, -0.05) is 12.1 Å². The lowest BCUT2D eigenvalue weighted by atomic mass is 10.2. The van der Waals surface area contributed by atoms with Crippen molar-refractivity contribution in [3.05, 3.63) is 46.3 Å². The summed E-state index contributed by atoms with van der Waals surface area (Å²) in [6.07, 6.45) is 0.370. The molecule has 9 heteroatoms. The number of hydrogen-bond donors (Lipinski definition) is 0. The van der Waals surface area contributed by atoms with Crippen LogP contribution in [0.1, 0.15) is 23.9 Å². The first-order chi connectivity index (χ1) is 12.8. The number of para-hydroxylation sites is 1. The molecule has 1 atom stereocenters. The van der Waals surface area contributed by atoms with Gasteiger partial charge in [0.1, 0.15) is 5.58 Å². The summed E-state index contributed by atoms with van der Waals surface area (Å²) in [6.45, 7) is 1.48. The highest BCUT2D eigenvalue weighted by molar-refractivity contribution is 7.91. The molecule has 3 rings (SSSR count). The maximum Gasteiger partial charge on any atom is 0.374 e. The number of hydrogen-bond acceptors (Lipinski definition) is 7. The first-order valence-corrected chi connectivity index (χ1v) is 10.3. The molecule has 0 bridgehead atoms. The predicted molar refractivity (Wildman–Crippen MR) is 97.2 cm³/mol. The monoisotopic (exact) mass is 393 g/mol. The highest BCUT2D eigenvalue weighted by Gasteiger charge is 2.34. The van der Waals surface area contributed by atoms with E-state index >= 15 is 0 Å². The van der Waals surface area contributed by atoms with Gasteiger partial charge in [0, 0.05) is 18.7 Å². The smallest absolute Gasteiger partial charge is 0.374 e. The Hall–Kier alpha value is -2.68. The molecule has 27 heavy (non-hydrogen) atoms. The van der Waals surface area contributed by atoms with Crippen molar-refractivity contribution in [2.75, 3.05) is 24.7 Å². The van der Waals surface area contributed by atoms with Crippen LogP contribution in [0.3, 0.4) is 0 Å². The zero-order chi connectivity index (χ0) is 19.6. The quantitative estimate of drug-likeness (QED) is 0.696. The molecule has 1 amide bonds. The lowest BCUT2D eigenvalue weighted by Gasteiger charge is -2.26. The number of esters is 1. The lowest BCUT2D eigenvalue weighted by molar-refractivity contribution is -0.136. The van der Waals surface area contributed by atoms with Crippen molar-refractivity contribution in [2.45, 2.75) is 19.4 Å². The van der Waals surface area contributed by atoms with Crippen molar-refractivity contribution >= 4 is 32.7 Å². The van der Waals surface area contributed by atoms with E-state index in [1.165, 1.54) is 4.90 Å². The molecule has 0 aliphatic carbocycles. The second-order valence-electron chi connectivity index (χ2n) is 6.28. The molecule has 1 aromatic heterocycles. The van der Waals surface area contributed by atoms with Crippen LogP contribution in [0, 0.1) is 0 Å². The number of carbonyl (C=O) groups is 2. The summed E-state index contributed by atoms with van der Waals surface area (Å²) in [5, 5.41) is 0.338. The van der Waals surface area contributed by atoms with Crippen LogP contribution >= 0.6 is 0 Å². The van der Waals surface area contributed by atoms with Crippen LogP contribution in [0.25, 0.3) is 11.0 Å². The molecule has 144 valence electrons. The van der Waals surface area contributed by atoms with Crippen molar-refractivity contribution in [1.82, 2.24) is 4.90 Å². The van der Waals surface area contributed by atoms with Gasteiger partial charge in [0.2, 0.25) is 5.76 Å². The van der Waals surface area contributed by atoms with Gasteiger partial charge >= 0.3 is 5.97 Å². The topological polar surface area (TPSA) is 111 Å². The first kappa shape index (κ1) is 19.1. The predicted octanol–water partition coefficient (Wildman–Crippen LogP) is 0.985. The third kappa shape index (κ3) is 4.19. The van der Waals surface area contributed by atoms with Crippen molar-refractivity contribution in [1.29, 1.82) is 0 Å². The Morgan fingerprint density at radius 3 is 2.70 bits per heavy atom. The lowest BCUT2D eigenvalue weighted by Crippen LogP contribution is -2.43. The normalized spacial score (nSPS) is 18.3. The Labute approximate surface area is 155 Å². The van der Waals surface area contributed by atoms with Gasteiger partial charge in [-0.2, -0.15) is 0 Å². The molecule has 1 aromatic carbocycles. The summed E-state index contributed by atoms with van der Waals surface area (Å²) in [6, 6.07) is 7.09. The Morgan fingerprint density at radius 1 is 1.30 bits per heavy atom. The Morgan fingerprint density at radius 2 is 2.04 bits per heavy atom. The van der Waals surface area contributed by atoms with E-state index < -0.39 is 34.4 Å². The summed E-state index contributed by atoms with van der Waals surface area (Å²) >= 11 is 0. The fraction of sp³-hybridized carbons (Fsp3) is 0.389. The van der Waals surface area contributed by atoms with Gasteiger partial charge < -0.3 is 14.1 Å². The molecular formula is C18H19NO7S. The molecule has 1 aliphatic rings. The summed E-state index contributed by atoms with van der Waals surface area (Å²) in [5.41, 5.74) is -0.143. The molecule has 1 aliphatic heterocycles. The molecule has 1 fully saturated rings. The van der Waals surface area contributed by atoms with E-state index in [0.29, 0.717) is 18.4 Å².